The van der Waals surface area contributed by atoms with Crippen molar-refractivity contribution in [3.8, 4) is 22.3 Å². The Morgan fingerprint density at radius 3 is 0.940 bits per heavy atom. The Bertz CT molecular complexity index is 2410. The fourth-order valence-corrected chi connectivity index (χ4v) is 9.62. The lowest BCUT2D eigenvalue weighted by molar-refractivity contribution is 0.685. The summed E-state index contributed by atoms with van der Waals surface area (Å²) in [5.74, 6) is 0. The predicted molar refractivity (Wildman–Crippen MR) is 222 cm³/mol. The highest BCUT2D eigenvalue weighted by molar-refractivity contribution is 7.99. The minimum absolute atomic E-state index is 0.770. The Hall–Kier alpha value is -4.20. The van der Waals surface area contributed by atoms with Crippen LogP contribution in [0.2, 0.25) is 0 Å². The molecule has 50 heavy (non-hydrogen) atoms. The normalized spacial score (nSPS) is 12.6. The molecule has 0 amide bonds. The highest BCUT2D eigenvalue weighted by Crippen LogP contribution is 2.45. The van der Waals surface area contributed by atoms with Crippen molar-refractivity contribution in [1.29, 1.82) is 0 Å². The van der Waals surface area contributed by atoms with Gasteiger partial charge >= 0.3 is 0 Å². The summed E-state index contributed by atoms with van der Waals surface area (Å²) >= 11 is 3.65. The summed E-state index contributed by atoms with van der Waals surface area (Å²) in [5, 5.41) is 9.48. The molecule has 0 saturated heterocycles. The van der Waals surface area contributed by atoms with Gasteiger partial charge in [0.2, 0.25) is 0 Å². The molecule has 0 fully saturated rings. The van der Waals surface area contributed by atoms with Crippen molar-refractivity contribution in [2.45, 2.75) is 19.6 Å². The molecule has 2 nitrogen and oxygen atoms in total. The molecule has 0 spiro atoms. The Morgan fingerprint density at radius 1 is 0.360 bits per heavy atom. The maximum absolute atomic E-state index is 12.5. The van der Waals surface area contributed by atoms with E-state index >= 15 is 0 Å². The summed E-state index contributed by atoms with van der Waals surface area (Å²) in [6.45, 7) is 0. The Kier molecular flexibility index (Phi) is 10.2. The van der Waals surface area contributed by atoms with Crippen molar-refractivity contribution >= 4 is 88.2 Å². The van der Waals surface area contributed by atoms with Crippen LogP contribution < -0.4 is 0 Å². The van der Waals surface area contributed by atoms with Crippen molar-refractivity contribution in [3.05, 3.63) is 146 Å². The summed E-state index contributed by atoms with van der Waals surface area (Å²) < 4.78 is 25.1. The monoisotopic (exact) mass is 724 g/mol. The van der Waals surface area contributed by atoms with Crippen LogP contribution in [0.15, 0.2) is 165 Å². The van der Waals surface area contributed by atoms with Crippen LogP contribution >= 0.6 is 23.5 Å². The SMILES string of the molecule is CS(=O)c1ccc2ccccc2c1-c1c(S(C)=O)ccc2ccccc12.CSc1ccc2ccccc2c1-c1c(SC)ccc2ccccc12. The first-order valence-corrected chi connectivity index (χ1v) is 21.8. The van der Waals surface area contributed by atoms with Gasteiger partial charge in [-0.25, -0.2) is 0 Å². The molecule has 0 radical (unpaired) electrons. The van der Waals surface area contributed by atoms with E-state index in [4.69, 9.17) is 0 Å². The number of fused-ring (bicyclic) bond motifs is 4. The first kappa shape index (κ1) is 34.3. The summed E-state index contributed by atoms with van der Waals surface area (Å²) in [4.78, 5) is 4.21. The second-order valence-electron chi connectivity index (χ2n) is 12.0. The van der Waals surface area contributed by atoms with E-state index in [-0.39, 0.29) is 0 Å². The van der Waals surface area contributed by atoms with Gasteiger partial charge < -0.3 is 0 Å². The first-order valence-electron chi connectivity index (χ1n) is 16.2. The van der Waals surface area contributed by atoms with E-state index in [0.29, 0.717) is 0 Å². The molecule has 0 aliphatic rings. The van der Waals surface area contributed by atoms with E-state index in [1.165, 1.54) is 42.5 Å². The second-order valence-corrected chi connectivity index (χ2v) is 16.3. The topological polar surface area (TPSA) is 34.1 Å². The molecule has 248 valence electrons. The van der Waals surface area contributed by atoms with Gasteiger partial charge in [-0.05, 0) is 79.9 Å². The van der Waals surface area contributed by atoms with E-state index in [1.54, 1.807) is 12.5 Å². The fourth-order valence-electron chi connectivity index (χ4n) is 6.86. The summed E-state index contributed by atoms with van der Waals surface area (Å²) in [7, 11) is -2.32. The van der Waals surface area contributed by atoms with Gasteiger partial charge in [0.1, 0.15) is 0 Å². The van der Waals surface area contributed by atoms with Crippen LogP contribution in [0.1, 0.15) is 0 Å². The molecule has 2 unspecified atom stereocenters. The number of hydrogen-bond acceptors (Lipinski definition) is 4. The lowest BCUT2D eigenvalue weighted by Gasteiger charge is -2.17. The first-order chi connectivity index (χ1) is 24.4. The van der Waals surface area contributed by atoms with Crippen molar-refractivity contribution < 1.29 is 8.42 Å². The van der Waals surface area contributed by atoms with Crippen LogP contribution in [0.3, 0.4) is 0 Å². The molecule has 0 N–H and O–H groups in total. The van der Waals surface area contributed by atoms with Gasteiger partial charge in [0.25, 0.3) is 0 Å². The van der Waals surface area contributed by atoms with Crippen LogP contribution in [0, 0.1) is 0 Å². The summed E-state index contributed by atoms with van der Waals surface area (Å²) in [5.41, 5.74) is 4.57. The van der Waals surface area contributed by atoms with Crippen molar-refractivity contribution in [2.24, 2.45) is 0 Å². The van der Waals surface area contributed by atoms with Crippen LogP contribution in [0.25, 0.3) is 65.3 Å². The average molecular weight is 725 g/mol. The largest absolute Gasteiger partial charge is 0.255 e. The van der Waals surface area contributed by atoms with Crippen LogP contribution in [-0.4, -0.2) is 33.4 Å². The minimum Gasteiger partial charge on any atom is -0.255 e. The second kappa shape index (κ2) is 15.0. The van der Waals surface area contributed by atoms with Gasteiger partial charge in [-0.3, -0.25) is 8.42 Å². The van der Waals surface area contributed by atoms with Crippen molar-refractivity contribution in [1.82, 2.24) is 0 Å². The van der Waals surface area contributed by atoms with E-state index in [2.05, 4.69) is 97.4 Å². The van der Waals surface area contributed by atoms with Crippen LogP contribution in [0.4, 0.5) is 0 Å². The smallest absolute Gasteiger partial charge is 0.0504 e. The van der Waals surface area contributed by atoms with Gasteiger partial charge in [0, 0.05) is 54.3 Å². The molecule has 0 aliphatic heterocycles. The molecule has 6 heteroatoms. The third-order valence-corrected chi connectivity index (χ3v) is 12.6. The molecule has 0 bridgehead atoms. The predicted octanol–water partition coefficient (Wildman–Crippen LogP) is 12.2. The minimum atomic E-state index is -1.16. The van der Waals surface area contributed by atoms with Gasteiger partial charge in [0.15, 0.2) is 0 Å². The molecule has 0 heterocycles. The van der Waals surface area contributed by atoms with E-state index in [1.807, 2.05) is 84.2 Å². The number of rotatable bonds is 6. The Morgan fingerprint density at radius 2 is 0.640 bits per heavy atom. The van der Waals surface area contributed by atoms with Gasteiger partial charge in [0.05, 0.1) is 21.6 Å². The molecular formula is C44H36O2S4. The number of thioether (sulfide) groups is 2. The standard InChI is InChI=1S/C22H18O2S2.C22H18S2/c1-25(23)19-13-11-15-7-3-5-9-17(15)21(19)22-18-10-6-4-8-16(18)12-14-20(22)26(2)24;1-23-19-13-11-15-7-3-5-9-17(15)21(19)22-18-10-6-4-8-16(18)12-14-20(22)24-2/h3-14H,1-2H3;3-14H,1-2H3. The van der Waals surface area contributed by atoms with Gasteiger partial charge in [-0.2, -0.15) is 0 Å². The zero-order chi connectivity index (χ0) is 34.8. The maximum atomic E-state index is 12.5. The molecular weight excluding hydrogens is 689 g/mol. The molecule has 8 aromatic carbocycles. The van der Waals surface area contributed by atoms with E-state index in [9.17, 15) is 8.42 Å². The summed E-state index contributed by atoms with van der Waals surface area (Å²) in [6.07, 6.45) is 7.72. The zero-order valence-electron chi connectivity index (χ0n) is 28.3. The quantitative estimate of drug-likeness (QED) is 0.160. The van der Waals surface area contributed by atoms with E-state index < -0.39 is 21.6 Å². The molecule has 0 saturated carbocycles. The van der Waals surface area contributed by atoms with Crippen molar-refractivity contribution in [2.75, 3.05) is 25.0 Å². The van der Waals surface area contributed by atoms with Crippen LogP contribution in [-0.2, 0) is 21.6 Å². The highest BCUT2D eigenvalue weighted by atomic mass is 32.2. The number of benzene rings is 8. The maximum Gasteiger partial charge on any atom is 0.0504 e. The molecule has 0 aliphatic carbocycles. The zero-order valence-corrected chi connectivity index (χ0v) is 31.6. The lowest BCUT2D eigenvalue weighted by Crippen LogP contribution is -1.99. The molecule has 8 aromatic rings. The lowest BCUT2D eigenvalue weighted by atomic mass is 9.94. The van der Waals surface area contributed by atoms with E-state index in [0.717, 1.165) is 42.5 Å². The highest BCUT2D eigenvalue weighted by Gasteiger charge is 2.20. The molecule has 0 aromatic heterocycles. The van der Waals surface area contributed by atoms with Crippen molar-refractivity contribution in [3.63, 3.8) is 0 Å². The Labute approximate surface area is 307 Å². The Balaban J connectivity index is 0.000000157. The third kappa shape index (κ3) is 6.42. The van der Waals surface area contributed by atoms with Gasteiger partial charge in [-0.1, -0.05) is 121 Å². The average Bonchev–Trinajstić information content (AvgIpc) is 3.16. The molecule has 2 atom stereocenters. The number of hydrogen-bond donors (Lipinski definition) is 0. The third-order valence-electron chi connectivity index (χ3n) is 9.12. The summed E-state index contributed by atoms with van der Waals surface area (Å²) in [6, 6.07) is 50.4. The van der Waals surface area contributed by atoms with Crippen LogP contribution in [0.5, 0.6) is 0 Å². The fraction of sp³-hybridized carbons (Fsp3) is 0.0909. The van der Waals surface area contributed by atoms with Gasteiger partial charge in [-0.15, -0.1) is 23.5 Å². The molecule has 8 rings (SSSR count).